The van der Waals surface area contributed by atoms with E-state index in [0.29, 0.717) is 21.5 Å². The van der Waals surface area contributed by atoms with E-state index in [-0.39, 0.29) is 25.0 Å². The lowest BCUT2D eigenvalue weighted by Gasteiger charge is -2.10. The van der Waals surface area contributed by atoms with Crippen LogP contribution in [0, 0.1) is 0 Å². The van der Waals surface area contributed by atoms with Crippen LogP contribution in [0.2, 0.25) is 10.0 Å². The van der Waals surface area contributed by atoms with Gasteiger partial charge in [0.15, 0.2) is 6.61 Å². The molecular formula is C17H16Cl2N2O3. The van der Waals surface area contributed by atoms with Crippen molar-refractivity contribution in [1.82, 2.24) is 5.32 Å². The van der Waals surface area contributed by atoms with E-state index in [0.717, 1.165) is 5.56 Å². The molecule has 2 N–H and O–H groups in total. The van der Waals surface area contributed by atoms with Crippen LogP contribution in [0.1, 0.15) is 12.5 Å². The summed E-state index contributed by atoms with van der Waals surface area (Å²) in [5, 5.41) is 6.39. The summed E-state index contributed by atoms with van der Waals surface area (Å²) in [6.07, 6.45) is 0. The van der Waals surface area contributed by atoms with E-state index in [9.17, 15) is 9.59 Å². The lowest BCUT2D eigenvalue weighted by atomic mass is 10.2. The molecule has 0 aliphatic carbocycles. The number of carbonyl (C=O) groups is 2. The molecule has 0 spiro atoms. The van der Waals surface area contributed by atoms with E-state index in [4.69, 9.17) is 27.9 Å². The first-order valence-corrected chi connectivity index (χ1v) is 7.91. The minimum absolute atomic E-state index is 0.144. The third-order valence-electron chi connectivity index (χ3n) is 3.02. The summed E-state index contributed by atoms with van der Waals surface area (Å²) in [7, 11) is 0. The molecule has 0 bridgehead atoms. The molecule has 2 rings (SSSR count). The van der Waals surface area contributed by atoms with Crippen molar-refractivity contribution in [2.75, 3.05) is 11.9 Å². The molecule has 24 heavy (non-hydrogen) atoms. The van der Waals surface area contributed by atoms with Crippen molar-refractivity contribution in [2.45, 2.75) is 13.5 Å². The molecule has 126 valence electrons. The van der Waals surface area contributed by atoms with Crippen molar-refractivity contribution < 1.29 is 14.3 Å². The fourth-order valence-corrected chi connectivity index (χ4v) is 2.40. The van der Waals surface area contributed by atoms with Crippen LogP contribution in [0.25, 0.3) is 0 Å². The summed E-state index contributed by atoms with van der Waals surface area (Å²) in [5.74, 6) is 0.0246. The molecule has 5 nitrogen and oxygen atoms in total. The number of rotatable bonds is 6. The van der Waals surface area contributed by atoms with E-state index in [2.05, 4.69) is 10.6 Å². The maximum absolute atomic E-state index is 11.9. The zero-order valence-electron chi connectivity index (χ0n) is 12.9. The van der Waals surface area contributed by atoms with E-state index < -0.39 is 0 Å². The maximum Gasteiger partial charge on any atom is 0.258 e. The lowest BCUT2D eigenvalue weighted by Crippen LogP contribution is -2.28. The molecule has 2 aromatic rings. The highest BCUT2D eigenvalue weighted by Gasteiger charge is 2.06. The van der Waals surface area contributed by atoms with Gasteiger partial charge in [0.25, 0.3) is 5.91 Å². The van der Waals surface area contributed by atoms with Gasteiger partial charge in [-0.3, -0.25) is 9.59 Å². The van der Waals surface area contributed by atoms with Crippen LogP contribution in [0.5, 0.6) is 5.75 Å². The number of hydrogen-bond acceptors (Lipinski definition) is 3. The Kier molecular flexibility index (Phi) is 6.46. The molecule has 0 fully saturated rings. The van der Waals surface area contributed by atoms with Gasteiger partial charge in [-0.1, -0.05) is 35.3 Å². The first-order valence-electron chi connectivity index (χ1n) is 7.15. The van der Waals surface area contributed by atoms with Crippen LogP contribution in [-0.2, 0) is 16.1 Å². The van der Waals surface area contributed by atoms with Gasteiger partial charge in [-0.25, -0.2) is 0 Å². The van der Waals surface area contributed by atoms with Gasteiger partial charge in [0.1, 0.15) is 5.75 Å². The number of anilines is 1. The van der Waals surface area contributed by atoms with Crippen molar-refractivity contribution >= 4 is 40.7 Å². The molecule has 7 heteroatoms. The molecule has 0 aromatic heterocycles. The standard InChI is InChI=1S/C17H16Cl2N2O3/c1-11(22)21-14-3-2-4-15(8-14)24-10-17(23)20-9-12-5-6-13(18)7-16(12)19/h2-8H,9-10H2,1H3,(H,20,23)(H,21,22). The molecular weight excluding hydrogens is 351 g/mol. The Labute approximate surface area is 149 Å². The van der Waals surface area contributed by atoms with Gasteiger partial charge in [-0.05, 0) is 29.8 Å². The predicted molar refractivity (Wildman–Crippen MR) is 94.5 cm³/mol. The van der Waals surface area contributed by atoms with E-state index in [1.807, 2.05) is 0 Å². The third kappa shape index (κ3) is 5.76. The minimum Gasteiger partial charge on any atom is -0.484 e. The van der Waals surface area contributed by atoms with Crippen LogP contribution in [0.4, 0.5) is 5.69 Å². The van der Waals surface area contributed by atoms with Crippen LogP contribution in [0.3, 0.4) is 0 Å². The summed E-state index contributed by atoms with van der Waals surface area (Å²) in [6, 6.07) is 11.9. The molecule has 0 saturated heterocycles. The first-order chi connectivity index (χ1) is 11.4. The Morgan fingerprint density at radius 1 is 1.12 bits per heavy atom. The van der Waals surface area contributed by atoms with Crippen LogP contribution in [0.15, 0.2) is 42.5 Å². The fraction of sp³-hybridized carbons (Fsp3) is 0.176. The molecule has 0 radical (unpaired) electrons. The molecule has 2 amide bonds. The van der Waals surface area contributed by atoms with Crippen molar-refractivity contribution in [3.8, 4) is 5.75 Å². The first kappa shape index (κ1) is 18.1. The zero-order chi connectivity index (χ0) is 17.5. The van der Waals surface area contributed by atoms with Gasteiger partial charge in [-0.15, -0.1) is 0 Å². The summed E-state index contributed by atoms with van der Waals surface area (Å²) in [5.41, 5.74) is 1.37. The van der Waals surface area contributed by atoms with Crippen LogP contribution in [-0.4, -0.2) is 18.4 Å². The second-order valence-corrected chi connectivity index (χ2v) is 5.85. The van der Waals surface area contributed by atoms with Crippen molar-refractivity contribution in [1.29, 1.82) is 0 Å². The average molecular weight is 367 g/mol. The molecule has 0 atom stereocenters. The van der Waals surface area contributed by atoms with E-state index in [1.54, 1.807) is 42.5 Å². The van der Waals surface area contributed by atoms with Crippen molar-refractivity contribution in [3.63, 3.8) is 0 Å². The molecule has 0 aliphatic heterocycles. The molecule has 2 aromatic carbocycles. The highest BCUT2D eigenvalue weighted by Crippen LogP contribution is 2.21. The van der Waals surface area contributed by atoms with E-state index >= 15 is 0 Å². The molecule has 0 saturated carbocycles. The average Bonchev–Trinajstić information content (AvgIpc) is 2.52. The zero-order valence-corrected chi connectivity index (χ0v) is 14.4. The monoisotopic (exact) mass is 366 g/mol. The smallest absolute Gasteiger partial charge is 0.258 e. The Bertz CT molecular complexity index is 750. The van der Waals surface area contributed by atoms with Gasteiger partial charge in [0.2, 0.25) is 5.91 Å². The number of benzene rings is 2. The summed E-state index contributed by atoms with van der Waals surface area (Å²) in [4.78, 5) is 22.9. The van der Waals surface area contributed by atoms with Crippen molar-refractivity contribution in [3.05, 3.63) is 58.1 Å². The molecule has 0 heterocycles. The summed E-state index contributed by atoms with van der Waals surface area (Å²) in [6.45, 7) is 1.56. The maximum atomic E-state index is 11.9. The van der Waals surface area contributed by atoms with Gasteiger partial charge < -0.3 is 15.4 Å². The highest BCUT2D eigenvalue weighted by atomic mass is 35.5. The SMILES string of the molecule is CC(=O)Nc1cccc(OCC(=O)NCc2ccc(Cl)cc2Cl)c1. The second kappa shape index (κ2) is 8.57. The number of ether oxygens (including phenoxy) is 1. The van der Waals surface area contributed by atoms with Gasteiger partial charge in [-0.2, -0.15) is 0 Å². The van der Waals surface area contributed by atoms with Gasteiger partial charge >= 0.3 is 0 Å². The largest absolute Gasteiger partial charge is 0.484 e. The minimum atomic E-state index is -0.286. The molecule has 0 aliphatic rings. The Morgan fingerprint density at radius 2 is 1.92 bits per heavy atom. The summed E-state index contributed by atoms with van der Waals surface area (Å²) >= 11 is 11.9. The molecule has 0 unspecified atom stereocenters. The number of amides is 2. The third-order valence-corrected chi connectivity index (χ3v) is 3.60. The highest BCUT2D eigenvalue weighted by molar-refractivity contribution is 6.35. The van der Waals surface area contributed by atoms with Crippen molar-refractivity contribution in [2.24, 2.45) is 0 Å². The number of halogens is 2. The Hall–Kier alpha value is -2.24. The topological polar surface area (TPSA) is 67.4 Å². The number of carbonyl (C=O) groups excluding carboxylic acids is 2. The fourth-order valence-electron chi connectivity index (χ4n) is 1.93. The Balaban J connectivity index is 1.83. The predicted octanol–water partition coefficient (Wildman–Crippen LogP) is 3.65. The van der Waals surface area contributed by atoms with Gasteiger partial charge in [0, 0.05) is 35.3 Å². The lowest BCUT2D eigenvalue weighted by molar-refractivity contribution is -0.123. The van der Waals surface area contributed by atoms with Crippen LogP contribution < -0.4 is 15.4 Å². The number of nitrogens with one attached hydrogen (secondary N) is 2. The van der Waals surface area contributed by atoms with Crippen LogP contribution >= 0.6 is 23.2 Å². The number of hydrogen-bond donors (Lipinski definition) is 2. The van der Waals surface area contributed by atoms with E-state index in [1.165, 1.54) is 6.92 Å². The van der Waals surface area contributed by atoms with Gasteiger partial charge in [0.05, 0.1) is 0 Å². The summed E-state index contributed by atoms with van der Waals surface area (Å²) < 4.78 is 5.41. The second-order valence-electron chi connectivity index (χ2n) is 5.01. The Morgan fingerprint density at radius 3 is 2.62 bits per heavy atom. The normalized spacial score (nSPS) is 10.1. The quantitative estimate of drug-likeness (QED) is 0.819.